The second kappa shape index (κ2) is 6.07. The summed E-state index contributed by atoms with van der Waals surface area (Å²) in [6.45, 7) is 1.73. The van der Waals surface area contributed by atoms with Gasteiger partial charge in [0.05, 0.1) is 7.11 Å². The standard InChI is InChI=1S/C19H19NO4/c1-22-16-6-4-13(11-20-8-2-3-19(20)21)9-15(16)14-5-7-17-18(10-14)24-12-23-17/h4-7,9-10H,2-3,8,11-12H2,1H3. The third-order valence-corrected chi connectivity index (χ3v) is 4.49. The molecule has 2 aliphatic heterocycles. The van der Waals surface area contributed by atoms with Crippen molar-refractivity contribution in [1.29, 1.82) is 0 Å². The molecule has 2 aliphatic rings. The molecule has 0 saturated carbocycles. The van der Waals surface area contributed by atoms with Gasteiger partial charge < -0.3 is 19.1 Å². The fourth-order valence-electron chi connectivity index (χ4n) is 3.23. The van der Waals surface area contributed by atoms with Crippen LogP contribution in [-0.2, 0) is 11.3 Å². The predicted octanol–water partition coefficient (Wildman–Crippen LogP) is 3.21. The summed E-state index contributed by atoms with van der Waals surface area (Å²) in [5.41, 5.74) is 3.09. The molecule has 5 heteroatoms. The summed E-state index contributed by atoms with van der Waals surface area (Å²) in [6.07, 6.45) is 1.61. The molecule has 0 atom stereocenters. The van der Waals surface area contributed by atoms with Crippen LogP contribution in [0, 0.1) is 0 Å². The predicted molar refractivity (Wildman–Crippen MR) is 89.2 cm³/mol. The van der Waals surface area contributed by atoms with E-state index in [1.165, 1.54) is 0 Å². The van der Waals surface area contributed by atoms with Crippen LogP contribution in [0.5, 0.6) is 17.2 Å². The van der Waals surface area contributed by atoms with Crippen LogP contribution in [0.4, 0.5) is 0 Å². The molecule has 0 bridgehead atoms. The first-order valence-electron chi connectivity index (χ1n) is 8.09. The van der Waals surface area contributed by atoms with Gasteiger partial charge >= 0.3 is 0 Å². The van der Waals surface area contributed by atoms with Crippen LogP contribution in [0.2, 0.25) is 0 Å². The van der Waals surface area contributed by atoms with E-state index in [0.29, 0.717) is 13.0 Å². The molecule has 0 aliphatic carbocycles. The number of rotatable bonds is 4. The van der Waals surface area contributed by atoms with Crippen LogP contribution >= 0.6 is 0 Å². The Bertz CT molecular complexity index is 787. The molecule has 2 aromatic rings. The molecule has 1 saturated heterocycles. The zero-order chi connectivity index (χ0) is 16.5. The molecule has 0 radical (unpaired) electrons. The van der Waals surface area contributed by atoms with E-state index in [1.807, 2.05) is 35.2 Å². The minimum absolute atomic E-state index is 0.232. The van der Waals surface area contributed by atoms with Gasteiger partial charge in [-0.05, 0) is 41.8 Å². The number of hydrogen-bond acceptors (Lipinski definition) is 4. The van der Waals surface area contributed by atoms with E-state index in [-0.39, 0.29) is 12.7 Å². The molecule has 2 heterocycles. The normalized spacial score (nSPS) is 15.9. The van der Waals surface area contributed by atoms with Crippen LogP contribution < -0.4 is 14.2 Å². The van der Waals surface area contributed by atoms with Gasteiger partial charge in [-0.1, -0.05) is 12.1 Å². The summed E-state index contributed by atoms with van der Waals surface area (Å²) in [5, 5.41) is 0. The minimum atomic E-state index is 0.232. The van der Waals surface area contributed by atoms with Gasteiger partial charge in [0.1, 0.15) is 5.75 Å². The molecule has 2 aromatic carbocycles. The quantitative estimate of drug-likeness (QED) is 0.866. The number of carbonyl (C=O) groups excluding carboxylic acids is 1. The van der Waals surface area contributed by atoms with Crippen molar-refractivity contribution in [3.63, 3.8) is 0 Å². The monoisotopic (exact) mass is 325 g/mol. The molecule has 1 amide bonds. The zero-order valence-corrected chi connectivity index (χ0v) is 13.6. The van der Waals surface area contributed by atoms with E-state index < -0.39 is 0 Å². The molecular weight excluding hydrogens is 306 g/mol. The van der Waals surface area contributed by atoms with E-state index in [1.54, 1.807) is 7.11 Å². The molecule has 4 rings (SSSR count). The SMILES string of the molecule is COc1ccc(CN2CCCC2=O)cc1-c1ccc2c(c1)OCO2. The van der Waals surface area contributed by atoms with Gasteiger partial charge in [-0.15, -0.1) is 0 Å². The Hall–Kier alpha value is -2.69. The van der Waals surface area contributed by atoms with Crippen molar-refractivity contribution in [3.05, 3.63) is 42.0 Å². The third-order valence-electron chi connectivity index (χ3n) is 4.49. The van der Waals surface area contributed by atoms with Gasteiger partial charge in [-0.2, -0.15) is 0 Å². The Kier molecular flexibility index (Phi) is 3.76. The number of hydrogen-bond donors (Lipinski definition) is 0. The Labute approximate surface area is 140 Å². The summed E-state index contributed by atoms with van der Waals surface area (Å²) < 4.78 is 16.4. The number of ether oxygens (including phenoxy) is 3. The Balaban J connectivity index is 1.68. The number of fused-ring (bicyclic) bond motifs is 1. The molecule has 124 valence electrons. The van der Waals surface area contributed by atoms with Gasteiger partial charge in [0.25, 0.3) is 0 Å². The summed E-state index contributed by atoms with van der Waals surface area (Å²) in [5.74, 6) is 2.53. The van der Waals surface area contributed by atoms with E-state index in [9.17, 15) is 4.79 Å². The minimum Gasteiger partial charge on any atom is -0.496 e. The molecule has 0 spiro atoms. The lowest BCUT2D eigenvalue weighted by atomic mass is 10.0. The van der Waals surface area contributed by atoms with Gasteiger partial charge in [-0.3, -0.25) is 4.79 Å². The Morgan fingerprint density at radius 2 is 2.00 bits per heavy atom. The van der Waals surface area contributed by atoms with Gasteiger partial charge in [0, 0.05) is 25.1 Å². The summed E-state index contributed by atoms with van der Waals surface area (Å²) in [7, 11) is 1.66. The van der Waals surface area contributed by atoms with E-state index in [4.69, 9.17) is 14.2 Å². The van der Waals surface area contributed by atoms with Crippen molar-refractivity contribution in [3.8, 4) is 28.4 Å². The maximum Gasteiger partial charge on any atom is 0.231 e. The van der Waals surface area contributed by atoms with Crippen LogP contribution in [0.25, 0.3) is 11.1 Å². The first kappa shape index (κ1) is 14.9. The van der Waals surface area contributed by atoms with Crippen molar-refractivity contribution in [2.45, 2.75) is 19.4 Å². The number of likely N-dealkylation sites (tertiary alicyclic amines) is 1. The van der Waals surface area contributed by atoms with E-state index in [2.05, 4.69) is 6.07 Å². The molecule has 5 nitrogen and oxygen atoms in total. The molecule has 24 heavy (non-hydrogen) atoms. The number of carbonyl (C=O) groups is 1. The number of methoxy groups -OCH3 is 1. The van der Waals surface area contributed by atoms with Crippen molar-refractivity contribution in [2.24, 2.45) is 0 Å². The maximum atomic E-state index is 11.9. The lowest BCUT2D eigenvalue weighted by Crippen LogP contribution is -2.23. The van der Waals surface area contributed by atoms with E-state index >= 15 is 0 Å². The van der Waals surface area contributed by atoms with Crippen molar-refractivity contribution < 1.29 is 19.0 Å². The van der Waals surface area contributed by atoms with Crippen LogP contribution in [-0.4, -0.2) is 31.3 Å². The van der Waals surface area contributed by atoms with Crippen LogP contribution in [0.3, 0.4) is 0 Å². The van der Waals surface area contributed by atoms with Gasteiger partial charge in [-0.25, -0.2) is 0 Å². The zero-order valence-electron chi connectivity index (χ0n) is 13.6. The topological polar surface area (TPSA) is 48.0 Å². The van der Waals surface area contributed by atoms with Crippen LogP contribution in [0.15, 0.2) is 36.4 Å². The first-order valence-corrected chi connectivity index (χ1v) is 8.09. The summed E-state index contributed by atoms with van der Waals surface area (Å²) in [4.78, 5) is 13.8. The smallest absolute Gasteiger partial charge is 0.231 e. The number of nitrogens with zero attached hydrogens (tertiary/aromatic N) is 1. The van der Waals surface area contributed by atoms with E-state index in [0.717, 1.165) is 46.9 Å². The average Bonchev–Trinajstić information content (AvgIpc) is 3.23. The molecular formula is C19H19NO4. The first-order chi connectivity index (χ1) is 11.7. The third kappa shape index (κ3) is 2.66. The number of amides is 1. The fourth-order valence-corrected chi connectivity index (χ4v) is 3.23. The number of benzene rings is 2. The highest BCUT2D eigenvalue weighted by molar-refractivity contribution is 5.78. The largest absolute Gasteiger partial charge is 0.496 e. The molecule has 1 fully saturated rings. The molecule has 0 aromatic heterocycles. The fraction of sp³-hybridized carbons (Fsp3) is 0.316. The second-order valence-electron chi connectivity index (χ2n) is 6.02. The highest BCUT2D eigenvalue weighted by Crippen LogP contribution is 2.39. The maximum absolute atomic E-state index is 11.9. The second-order valence-corrected chi connectivity index (χ2v) is 6.02. The molecule has 0 N–H and O–H groups in total. The summed E-state index contributed by atoms with van der Waals surface area (Å²) in [6, 6.07) is 11.9. The average molecular weight is 325 g/mol. The lowest BCUT2D eigenvalue weighted by Gasteiger charge is -2.17. The Morgan fingerprint density at radius 3 is 2.79 bits per heavy atom. The van der Waals surface area contributed by atoms with Crippen LogP contribution in [0.1, 0.15) is 18.4 Å². The van der Waals surface area contributed by atoms with Crippen molar-refractivity contribution in [2.75, 3.05) is 20.4 Å². The van der Waals surface area contributed by atoms with Crippen molar-refractivity contribution in [1.82, 2.24) is 4.90 Å². The Morgan fingerprint density at radius 1 is 1.12 bits per heavy atom. The highest BCUT2D eigenvalue weighted by Gasteiger charge is 2.21. The van der Waals surface area contributed by atoms with Gasteiger partial charge in [0.15, 0.2) is 11.5 Å². The molecule has 0 unspecified atom stereocenters. The summed E-state index contributed by atoms with van der Waals surface area (Å²) >= 11 is 0. The van der Waals surface area contributed by atoms with Crippen molar-refractivity contribution >= 4 is 5.91 Å². The van der Waals surface area contributed by atoms with Gasteiger partial charge in [0.2, 0.25) is 12.7 Å². The lowest BCUT2D eigenvalue weighted by molar-refractivity contribution is -0.128. The highest BCUT2D eigenvalue weighted by atomic mass is 16.7.